The van der Waals surface area contributed by atoms with Crippen molar-refractivity contribution >= 4 is 40.8 Å². The summed E-state index contributed by atoms with van der Waals surface area (Å²) in [6, 6.07) is 16.7. The lowest BCUT2D eigenvalue weighted by atomic mass is 10.2. The molecule has 24 heavy (non-hydrogen) atoms. The second kappa shape index (κ2) is 8.68. The van der Waals surface area contributed by atoms with E-state index in [0.29, 0.717) is 19.0 Å². The summed E-state index contributed by atoms with van der Waals surface area (Å²) in [4.78, 5) is 7.56. The fraction of sp³-hybridized carbons (Fsp3) is 0.167. The smallest absolute Gasteiger partial charge is 0.191 e. The number of aromatic nitrogens is 1. The lowest BCUT2D eigenvalue weighted by Gasteiger charge is -2.11. The number of halogens is 2. The van der Waals surface area contributed by atoms with Gasteiger partial charge >= 0.3 is 0 Å². The Morgan fingerprint density at radius 3 is 2.46 bits per heavy atom. The lowest BCUT2D eigenvalue weighted by Crippen LogP contribution is -2.36. The van der Waals surface area contributed by atoms with Crippen LogP contribution < -0.4 is 10.6 Å². The van der Waals surface area contributed by atoms with Gasteiger partial charge in [0.25, 0.3) is 0 Å². The number of rotatable bonds is 4. The summed E-state index contributed by atoms with van der Waals surface area (Å²) >= 11 is 0. The number of aromatic amines is 1. The van der Waals surface area contributed by atoms with E-state index in [9.17, 15) is 4.39 Å². The van der Waals surface area contributed by atoms with E-state index < -0.39 is 0 Å². The fourth-order valence-electron chi connectivity index (χ4n) is 2.42. The van der Waals surface area contributed by atoms with Gasteiger partial charge in [0.15, 0.2) is 5.96 Å². The van der Waals surface area contributed by atoms with E-state index in [1.54, 1.807) is 19.2 Å². The molecular weight excluding hydrogens is 418 g/mol. The molecule has 0 amide bonds. The molecule has 0 atom stereocenters. The van der Waals surface area contributed by atoms with Crippen LogP contribution in [0.1, 0.15) is 11.3 Å². The first-order chi connectivity index (χ1) is 11.2. The summed E-state index contributed by atoms with van der Waals surface area (Å²) < 4.78 is 12.9. The molecule has 0 aliphatic rings. The van der Waals surface area contributed by atoms with Crippen LogP contribution in [-0.4, -0.2) is 18.0 Å². The summed E-state index contributed by atoms with van der Waals surface area (Å²) in [6.45, 7) is 1.24. The van der Waals surface area contributed by atoms with Crippen molar-refractivity contribution in [2.24, 2.45) is 4.99 Å². The maximum atomic E-state index is 12.9. The molecule has 0 unspecified atom stereocenters. The molecule has 3 rings (SSSR count). The molecule has 1 aromatic heterocycles. The Morgan fingerprint density at radius 2 is 1.75 bits per heavy atom. The van der Waals surface area contributed by atoms with Crippen molar-refractivity contribution in [3.8, 4) is 0 Å². The van der Waals surface area contributed by atoms with Crippen molar-refractivity contribution < 1.29 is 4.39 Å². The van der Waals surface area contributed by atoms with Crippen molar-refractivity contribution in [3.05, 3.63) is 71.7 Å². The minimum absolute atomic E-state index is 0. The number of hydrogen-bond donors (Lipinski definition) is 3. The number of benzene rings is 2. The Morgan fingerprint density at radius 1 is 1.04 bits per heavy atom. The molecule has 0 saturated heterocycles. The minimum atomic E-state index is -0.227. The third-order valence-corrected chi connectivity index (χ3v) is 3.63. The second-order valence-electron chi connectivity index (χ2n) is 5.29. The zero-order chi connectivity index (χ0) is 16.1. The van der Waals surface area contributed by atoms with Crippen molar-refractivity contribution in [1.82, 2.24) is 15.6 Å². The van der Waals surface area contributed by atoms with Crippen molar-refractivity contribution in [2.45, 2.75) is 13.1 Å². The average Bonchev–Trinajstić information content (AvgIpc) is 2.99. The van der Waals surface area contributed by atoms with Crippen molar-refractivity contribution in [2.75, 3.05) is 7.05 Å². The van der Waals surface area contributed by atoms with Gasteiger partial charge in [0.2, 0.25) is 0 Å². The van der Waals surface area contributed by atoms with Crippen molar-refractivity contribution in [1.29, 1.82) is 0 Å². The van der Waals surface area contributed by atoms with Crippen LogP contribution in [0.3, 0.4) is 0 Å². The highest BCUT2D eigenvalue weighted by Gasteiger charge is 2.02. The van der Waals surface area contributed by atoms with E-state index in [2.05, 4.69) is 38.8 Å². The largest absolute Gasteiger partial charge is 0.357 e. The molecule has 4 nitrogen and oxygen atoms in total. The van der Waals surface area contributed by atoms with Crippen LogP contribution in [0, 0.1) is 5.82 Å². The summed E-state index contributed by atoms with van der Waals surface area (Å²) in [6.07, 6.45) is 0. The van der Waals surface area contributed by atoms with Gasteiger partial charge in [0, 0.05) is 24.8 Å². The number of H-pyrrole nitrogens is 1. The highest BCUT2D eigenvalue weighted by atomic mass is 127. The Kier molecular flexibility index (Phi) is 6.60. The van der Waals surface area contributed by atoms with Gasteiger partial charge in [0.05, 0.1) is 6.54 Å². The first-order valence-electron chi connectivity index (χ1n) is 7.50. The molecule has 1 heterocycles. The Labute approximate surface area is 157 Å². The lowest BCUT2D eigenvalue weighted by molar-refractivity contribution is 0.626. The predicted molar refractivity (Wildman–Crippen MR) is 107 cm³/mol. The molecule has 6 heteroatoms. The van der Waals surface area contributed by atoms with Gasteiger partial charge in [-0.1, -0.05) is 30.3 Å². The molecule has 3 aromatic rings. The van der Waals surface area contributed by atoms with Gasteiger partial charge in [-0.3, -0.25) is 4.99 Å². The van der Waals surface area contributed by atoms with E-state index in [1.165, 1.54) is 17.5 Å². The highest BCUT2D eigenvalue weighted by molar-refractivity contribution is 14.0. The van der Waals surface area contributed by atoms with E-state index in [0.717, 1.165) is 16.8 Å². The second-order valence-corrected chi connectivity index (χ2v) is 5.29. The first-order valence-corrected chi connectivity index (χ1v) is 7.50. The van der Waals surface area contributed by atoms with Crippen LogP contribution in [0.2, 0.25) is 0 Å². The normalized spacial score (nSPS) is 11.2. The molecule has 0 aliphatic carbocycles. The van der Waals surface area contributed by atoms with E-state index in [1.807, 2.05) is 12.1 Å². The standard InChI is InChI=1S/C18H19FN4.HI/c1-20-18(21-11-13-6-8-15(19)9-7-13)22-12-16-10-14-4-2-3-5-17(14)23-16;/h2-10,23H,11-12H2,1H3,(H2,20,21,22);1H. The third-order valence-electron chi connectivity index (χ3n) is 3.63. The van der Waals surface area contributed by atoms with Gasteiger partial charge < -0.3 is 15.6 Å². The first kappa shape index (κ1) is 18.3. The van der Waals surface area contributed by atoms with E-state index >= 15 is 0 Å². The van der Waals surface area contributed by atoms with Gasteiger partial charge in [-0.25, -0.2) is 4.39 Å². The molecule has 3 N–H and O–H groups in total. The number of fused-ring (bicyclic) bond motifs is 1. The van der Waals surface area contributed by atoms with Crippen LogP contribution in [0.4, 0.5) is 4.39 Å². The topological polar surface area (TPSA) is 52.2 Å². The molecule has 0 radical (unpaired) electrons. The van der Waals surface area contributed by atoms with Crippen molar-refractivity contribution in [3.63, 3.8) is 0 Å². The number of para-hydroxylation sites is 1. The molecule has 2 aromatic carbocycles. The number of guanidine groups is 1. The number of aliphatic imine (C=N–C) groups is 1. The van der Waals surface area contributed by atoms with Crippen LogP contribution in [0.15, 0.2) is 59.6 Å². The molecule has 0 fully saturated rings. The Bertz CT molecular complexity index is 778. The van der Waals surface area contributed by atoms with Crippen LogP contribution in [0.25, 0.3) is 10.9 Å². The number of nitrogens with zero attached hydrogens (tertiary/aromatic N) is 1. The molecule has 126 valence electrons. The predicted octanol–water partition coefficient (Wildman–Crippen LogP) is 3.79. The summed E-state index contributed by atoms with van der Waals surface area (Å²) in [5.41, 5.74) is 3.22. The summed E-state index contributed by atoms with van der Waals surface area (Å²) in [7, 11) is 1.73. The molecule has 0 spiro atoms. The Hall–Kier alpha value is -2.09. The zero-order valence-electron chi connectivity index (χ0n) is 13.3. The SMILES string of the molecule is CN=C(NCc1ccc(F)cc1)NCc1cc2ccccc2[nH]1.I. The van der Waals surface area contributed by atoms with Crippen LogP contribution in [-0.2, 0) is 13.1 Å². The molecular formula is C18H20FIN4. The number of nitrogens with one attached hydrogen (secondary N) is 3. The monoisotopic (exact) mass is 438 g/mol. The minimum Gasteiger partial charge on any atom is -0.357 e. The van der Waals surface area contributed by atoms with Gasteiger partial charge in [-0.05, 0) is 35.2 Å². The third kappa shape index (κ3) is 4.70. The van der Waals surface area contributed by atoms with E-state index in [4.69, 9.17) is 0 Å². The maximum Gasteiger partial charge on any atom is 0.191 e. The zero-order valence-corrected chi connectivity index (χ0v) is 15.7. The quantitative estimate of drug-likeness (QED) is 0.330. The average molecular weight is 438 g/mol. The van der Waals surface area contributed by atoms with Gasteiger partial charge in [0.1, 0.15) is 5.82 Å². The van der Waals surface area contributed by atoms with Crippen LogP contribution >= 0.6 is 24.0 Å². The number of hydrogen-bond acceptors (Lipinski definition) is 1. The summed E-state index contributed by atoms with van der Waals surface area (Å²) in [5, 5.41) is 7.67. The Balaban J connectivity index is 0.00000208. The van der Waals surface area contributed by atoms with Gasteiger partial charge in [-0.15, -0.1) is 24.0 Å². The molecule has 0 saturated carbocycles. The summed E-state index contributed by atoms with van der Waals surface area (Å²) in [5.74, 6) is 0.475. The van der Waals surface area contributed by atoms with E-state index in [-0.39, 0.29) is 29.8 Å². The fourth-order valence-corrected chi connectivity index (χ4v) is 2.42. The molecule has 0 bridgehead atoms. The highest BCUT2D eigenvalue weighted by Crippen LogP contribution is 2.14. The maximum absolute atomic E-state index is 12.9. The van der Waals surface area contributed by atoms with Crippen LogP contribution in [0.5, 0.6) is 0 Å². The van der Waals surface area contributed by atoms with Gasteiger partial charge in [-0.2, -0.15) is 0 Å². The molecule has 0 aliphatic heterocycles.